The van der Waals surface area contributed by atoms with Gasteiger partial charge in [-0.25, -0.2) is 0 Å². The molecule has 3 aromatic rings. The van der Waals surface area contributed by atoms with Crippen molar-refractivity contribution in [2.75, 3.05) is 26.4 Å². The van der Waals surface area contributed by atoms with Crippen molar-refractivity contribution in [3.63, 3.8) is 0 Å². The van der Waals surface area contributed by atoms with Crippen molar-refractivity contribution in [1.29, 1.82) is 0 Å². The molecule has 37 heavy (non-hydrogen) atoms. The van der Waals surface area contributed by atoms with Crippen LogP contribution in [0.15, 0.2) is 91.0 Å². The topological polar surface area (TPSA) is 71.1 Å². The van der Waals surface area contributed by atoms with E-state index < -0.39 is 21.3 Å². The van der Waals surface area contributed by atoms with E-state index in [4.69, 9.17) is 18.1 Å². The van der Waals surface area contributed by atoms with E-state index in [1.165, 1.54) is 0 Å². The van der Waals surface area contributed by atoms with Crippen LogP contribution in [0, 0.1) is 0 Å². The van der Waals surface area contributed by atoms with Gasteiger partial charge in [0.1, 0.15) is 4.37 Å². The maximum atomic E-state index is 15.2. The zero-order chi connectivity index (χ0) is 26.8. The quantitative estimate of drug-likeness (QED) is 0.186. The molecule has 0 saturated carbocycles. The van der Waals surface area contributed by atoms with E-state index in [0.29, 0.717) is 10.6 Å². The van der Waals surface area contributed by atoms with Crippen LogP contribution < -0.4 is 15.9 Å². The third-order valence-corrected chi connectivity index (χ3v) is 18.6. The van der Waals surface area contributed by atoms with Gasteiger partial charge in [-0.05, 0) is 63.3 Å². The number of benzene rings is 3. The highest BCUT2D eigenvalue weighted by atomic mass is 32.7. The van der Waals surface area contributed by atoms with Crippen LogP contribution >= 0.6 is 32.7 Å². The van der Waals surface area contributed by atoms with E-state index >= 15 is 4.57 Å². The molecule has 2 atom stereocenters. The summed E-state index contributed by atoms with van der Waals surface area (Å²) in [6.45, 7) is 4.64. The fourth-order valence-electron chi connectivity index (χ4n) is 3.76. The first-order chi connectivity index (χ1) is 17.9. The molecule has 0 aromatic heterocycles. The lowest BCUT2D eigenvalue weighted by Gasteiger charge is -2.34. The Labute approximate surface area is 224 Å². The molecule has 0 heterocycles. The predicted octanol–water partition coefficient (Wildman–Crippen LogP) is 7.25. The maximum absolute atomic E-state index is 15.2. The predicted molar refractivity (Wildman–Crippen MR) is 159 cm³/mol. The molecule has 10 heteroatoms. The van der Waals surface area contributed by atoms with Gasteiger partial charge in [0.25, 0.3) is 13.9 Å². The standard InChI is InChI=1S/C27H35O6P3S/c1-5-30-34(28,24-18-12-9-13-19-24)27(37-36(29,33-8-4)26-22-16-11-17-23-26)35(31-6-2,32-7-3)25-20-14-10-15-21-25/h9-23H,5-8H2,1-4H3. The molecule has 200 valence electrons. The summed E-state index contributed by atoms with van der Waals surface area (Å²) >= 11 is 0.955. The first-order valence-corrected chi connectivity index (χ1v) is 18.6. The molecule has 0 spiro atoms. The molecule has 0 fully saturated rings. The highest BCUT2D eigenvalue weighted by molar-refractivity contribution is 8.71. The Morgan fingerprint density at radius 3 is 1.41 bits per heavy atom. The van der Waals surface area contributed by atoms with Crippen molar-refractivity contribution in [2.45, 2.75) is 27.7 Å². The van der Waals surface area contributed by atoms with Gasteiger partial charge in [-0.2, -0.15) is 0 Å². The summed E-state index contributed by atoms with van der Waals surface area (Å²) < 4.78 is 55.2. The van der Waals surface area contributed by atoms with Gasteiger partial charge in [0, 0.05) is 15.9 Å². The van der Waals surface area contributed by atoms with Crippen molar-refractivity contribution in [3.8, 4) is 0 Å². The minimum absolute atomic E-state index is 0.174. The molecule has 0 N–H and O–H groups in total. The third-order valence-electron chi connectivity index (χ3n) is 5.20. The first-order valence-electron chi connectivity index (χ1n) is 12.3. The van der Waals surface area contributed by atoms with Crippen molar-refractivity contribution in [3.05, 3.63) is 91.0 Å². The van der Waals surface area contributed by atoms with Crippen LogP contribution in [-0.4, -0.2) is 30.8 Å². The zero-order valence-electron chi connectivity index (χ0n) is 21.7. The van der Waals surface area contributed by atoms with Crippen LogP contribution in [0.2, 0.25) is 0 Å². The summed E-state index contributed by atoms with van der Waals surface area (Å²) in [6.07, 6.45) is 0. The Kier molecular flexibility index (Phi) is 11.5. The summed E-state index contributed by atoms with van der Waals surface area (Å²) in [7, 11) is -7.12. The van der Waals surface area contributed by atoms with Crippen LogP contribution in [0.5, 0.6) is 0 Å². The highest BCUT2D eigenvalue weighted by Gasteiger charge is 2.46. The van der Waals surface area contributed by atoms with Gasteiger partial charge in [-0.3, -0.25) is 9.13 Å². The first kappa shape index (κ1) is 30.2. The summed E-state index contributed by atoms with van der Waals surface area (Å²) in [6, 6.07) is 27.5. The Balaban J connectivity index is 2.50. The molecule has 2 unspecified atom stereocenters. The molecule has 3 rings (SSSR count). The summed E-state index contributed by atoms with van der Waals surface area (Å²) in [5.41, 5.74) is 0. The van der Waals surface area contributed by atoms with Gasteiger partial charge in [-0.1, -0.05) is 66.7 Å². The number of rotatable bonds is 14. The lowest BCUT2D eigenvalue weighted by molar-refractivity contribution is 0.273. The summed E-state index contributed by atoms with van der Waals surface area (Å²) in [5.74, 6) is 0. The van der Waals surface area contributed by atoms with E-state index in [1.807, 2.05) is 80.6 Å². The normalized spacial score (nSPS) is 15.0. The molecular formula is C27H35O6P3S. The molecular weight excluding hydrogens is 545 g/mol. The molecule has 0 saturated heterocycles. The number of hydrogen-bond acceptors (Lipinski definition) is 7. The second kappa shape index (κ2) is 14.1. The van der Waals surface area contributed by atoms with Gasteiger partial charge in [0.15, 0.2) is 7.34 Å². The minimum Gasteiger partial charge on any atom is -0.333 e. The third kappa shape index (κ3) is 6.79. The van der Waals surface area contributed by atoms with Crippen LogP contribution in [0.1, 0.15) is 27.7 Å². The summed E-state index contributed by atoms with van der Waals surface area (Å²) in [5, 5.41) is 1.72. The van der Waals surface area contributed by atoms with Crippen LogP contribution in [0.25, 0.3) is 0 Å². The van der Waals surface area contributed by atoms with Gasteiger partial charge < -0.3 is 18.1 Å². The highest BCUT2D eigenvalue weighted by Crippen LogP contribution is 2.73. The van der Waals surface area contributed by atoms with Gasteiger partial charge in [0.05, 0.1) is 26.4 Å². The van der Waals surface area contributed by atoms with Gasteiger partial charge in [0.2, 0.25) is 0 Å². The molecule has 0 aliphatic heterocycles. The average Bonchev–Trinajstić information content (AvgIpc) is 2.93. The van der Waals surface area contributed by atoms with Crippen molar-refractivity contribution >= 4 is 52.9 Å². The molecule has 0 amide bonds. The van der Waals surface area contributed by atoms with E-state index in [2.05, 4.69) is 0 Å². The Bertz CT molecular complexity index is 1260. The van der Waals surface area contributed by atoms with Crippen molar-refractivity contribution < 1.29 is 27.2 Å². The lowest BCUT2D eigenvalue weighted by atomic mass is 10.4. The van der Waals surface area contributed by atoms with Crippen LogP contribution in [0.3, 0.4) is 0 Å². The fraction of sp³-hybridized carbons (Fsp3) is 0.296. The second-order valence-corrected chi connectivity index (χ2v) is 17.9. The summed E-state index contributed by atoms with van der Waals surface area (Å²) in [4.78, 5) is 0. The van der Waals surface area contributed by atoms with Gasteiger partial charge in [-0.15, -0.1) is 0 Å². The second-order valence-electron chi connectivity index (χ2n) is 7.65. The van der Waals surface area contributed by atoms with Crippen molar-refractivity contribution in [1.82, 2.24) is 0 Å². The van der Waals surface area contributed by atoms with Crippen molar-refractivity contribution in [2.24, 2.45) is 0 Å². The lowest BCUT2D eigenvalue weighted by Crippen LogP contribution is -2.22. The zero-order valence-corrected chi connectivity index (χ0v) is 25.2. The van der Waals surface area contributed by atoms with E-state index in [9.17, 15) is 4.57 Å². The molecule has 3 aromatic carbocycles. The molecule has 0 radical (unpaired) electrons. The van der Waals surface area contributed by atoms with Gasteiger partial charge >= 0.3 is 0 Å². The van der Waals surface area contributed by atoms with Crippen LogP contribution in [-0.2, 0) is 27.2 Å². The maximum Gasteiger partial charge on any atom is 0.292 e. The Hall–Kier alpha value is -1.39. The van der Waals surface area contributed by atoms with E-state index in [1.54, 1.807) is 38.1 Å². The Morgan fingerprint density at radius 1 is 0.568 bits per heavy atom. The van der Waals surface area contributed by atoms with E-state index in [-0.39, 0.29) is 30.8 Å². The monoisotopic (exact) mass is 580 g/mol. The SMILES string of the molecule is CCOP(=O)(SC(P(=O)(OCC)c1ccccc1)=P(OCC)(OCC)c1ccccc1)c1ccccc1. The smallest absolute Gasteiger partial charge is 0.292 e. The molecule has 0 bridgehead atoms. The fourth-order valence-corrected chi connectivity index (χ4v) is 18.9. The minimum atomic E-state index is -3.84. The molecule has 0 aliphatic rings. The Morgan fingerprint density at radius 2 is 0.973 bits per heavy atom. The molecule has 0 aliphatic carbocycles. The average molecular weight is 581 g/mol. The van der Waals surface area contributed by atoms with E-state index in [0.717, 1.165) is 16.7 Å². The van der Waals surface area contributed by atoms with Crippen LogP contribution in [0.4, 0.5) is 0 Å². The molecule has 6 nitrogen and oxygen atoms in total. The number of hydrogen-bond donors (Lipinski definition) is 0. The largest absolute Gasteiger partial charge is 0.333 e.